The molecular weight excluding hydrogens is 1010 g/mol. The normalized spacial score (nSPS) is 12.6. The molecule has 0 amide bonds. The smallest absolute Gasteiger partial charge is 0 e. The summed E-state index contributed by atoms with van der Waals surface area (Å²) in [5.41, 5.74) is 13.1. The van der Waals surface area contributed by atoms with Crippen LogP contribution in [0.3, 0.4) is 0 Å². The van der Waals surface area contributed by atoms with Crippen molar-refractivity contribution < 1.29 is 28.6 Å². The zero-order valence-electron chi connectivity index (χ0n) is 39.5. The van der Waals surface area contributed by atoms with Gasteiger partial charge >= 0.3 is 99.8 Å². The molecule has 0 aliphatic rings. The van der Waals surface area contributed by atoms with Gasteiger partial charge in [0.2, 0.25) is 5.71 Å². The monoisotopic (exact) mass is 1060 g/mol. The van der Waals surface area contributed by atoms with Gasteiger partial charge in [0.1, 0.15) is 0 Å². The summed E-state index contributed by atoms with van der Waals surface area (Å²) in [7, 11) is 0. The third kappa shape index (κ3) is 8.86. The first-order valence-corrected chi connectivity index (χ1v) is 28.4. The van der Waals surface area contributed by atoms with Crippen molar-refractivity contribution in [2.24, 2.45) is 0 Å². The van der Waals surface area contributed by atoms with Crippen molar-refractivity contribution in [1.82, 2.24) is 19.5 Å². The molecule has 7 heteroatoms. The van der Waals surface area contributed by atoms with Gasteiger partial charge in [-0.15, -0.1) is 17.7 Å². The van der Waals surface area contributed by atoms with Crippen molar-refractivity contribution in [3.63, 3.8) is 0 Å². The molecule has 1 radical (unpaired) electrons. The Bertz CT molecular complexity index is 3310. The second-order valence-corrected chi connectivity index (χ2v) is 28.5. The van der Waals surface area contributed by atoms with Crippen LogP contribution in [0.2, 0.25) is 17.3 Å². The predicted molar refractivity (Wildman–Crippen MR) is 261 cm³/mol. The van der Waals surface area contributed by atoms with E-state index in [9.17, 15) is 0 Å². The summed E-state index contributed by atoms with van der Waals surface area (Å²) < 4.78 is 33.5. The zero-order chi connectivity index (χ0) is 45.7. The van der Waals surface area contributed by atoms with Crippen LogP contribution in [-0.2, 0) is 25.5 Å². The topological polar surface area (TPSA) is 56.7 Å². The summed E-state index contributed by atoms with van der Waals surface area (Å²) in [5, 5.41) is 1.86. The molecule has 315 valence electrons. The number of imidazole rings is 1. The van der Waals surface area contributed by atoms with Crippen LogP contribution in [0.4, 0.5) is 0 Å². The molecule has 0 bridgehead atoms. The predicted octanol–water partition coefficient (Wildman–Crippen LogP) is 14.1. The number of nitrogens with zero attached hydrogens (tertiary/aromatic N) is 4. The van der Waals surface area contributed by atoms with E-state index < -0.39 is 20.1 Å². The van der Waals surface area contributed by atoms with Gasteiger partial charge in [-0.3, -0.25) is 4.98 Å². The summed E-state index contributed by atoms with van der Waals surface area (Å²) in [6, 6.07) is 57.3. The Morgan fingerprint density at radius 3 is 2.17 bits per heavy atom. The number of hydrogen-bond acceptors (Lipinski definition) is 4. The minimum Gasteiger partial charge on any atom is 0 e. The van der Waals surface area contributed by atoms with E-state index in [1.54, 1.807) is 24.3 Å². The van der Waals surface area contributed by atoms with Gasteiger partial charge in [0.15, 0.2) is 0 Å². The van der Waals surface area contributed by atoms with Gasteiger partial charge in [-0.2, -0.15) is 0 Å². The van der Waals surface area contributed by atoms with E-state index in [-0.39, 0.29) is 25.5 Å². The standard InChI is InChI=1S/C42H34N3O.C14H16GeN.Ir/c1-26-15-18-29(19-16-26)34-23-22-31-38-27(2)17-21-32(39(38)46-41(31)44-34)40-43-35-13-9-10-14-37(35)45(40)36-24-20-30(42(3,4)5)25-33(36)28-11-7-6-8-12-28;1-15(2,3)13-9-10-14(16-11-13)12-7-5-4-6-8-12;/h6-20,22-25H,1-5H3;4-7,9-11H,1-3H3;/q2*-1;/i1D3;;. The van der Waals surface area contributed by atoms with Gasteiger partial charge in [-0.1, -0.05) is 117 Å². The molecule has 4 heterocycles. The Morgan fingerprint density at radius 2 is 1.48 bits per heavy atom. The molecule has 0 saturated carbocycles. The number of aryl methyl sites for hydroxylation is 2. The van der Waals surface area contributed by atoms with Crippen LogP contribution in [-0.4, -0.2) is 32.8 Å². The molecule has 0 saturated heterocycles. The molecule has 5 nitrogen and oxygen atoms in total. The number of hydrogen-bond donors (Lipinski definition) is 0. The van der Waals surface area contributed by atoms with E-state index in [4.69, 9.17) is 18.5 Å². The number of pyridine rings is 2. The summed E-state index contributed by atoms with van der Waals surface area (Å²) in [4.78, 5) is 14.7. The van der Waals surface area contributed by atoms with Crippen molar-refractivity contribution in [3.8, 4) is 50.7 Å². The average molecular weight is 1060 g/mol. The van der Waals surface area contributed by atoms with Gasteiger partial charge in [0.25, 0.3) is 0 Å². The third-order valence-electron chi connectivity index (χ3n) is 11.4. The molecule has 0 spiro atoms. The second kappa shape index (κ2) is 17.7. The molecule has 63 heavy (non-hydrogen) atoms. The van der Waals surface area contributed by atoms with Crippen LogP contribution in [0.25, 0.3) is 83.8 Å². The van der Waals surface area contributed by atoms with Gasteiger partial charge < -0.3 is 8.98 Å². The minimum atomic E-state index is -2.16. The summed E-state index contributed by atoms with van der Waals surface area (Å²) in [5.74, 6) is 7.87. The molecule has 0 N–H and O–H groups in total. The van der Waals surface area contributed by atoms with Gasteiger partial charge in [-0.25, -0.2) is 4.98 Å². The van der Waals surface area contributed by atoms with E-state index >= 15 is 0 Å². The van der Waals surface area contributed by atoms with Crippen molar-refractivity contribution in [3.05, 3.63) is 187 Å². The van der Waals surface area contributed by atoms with Gasteiger partial charge in [-0.05, 0) is 59.8 Å². The molecule has 0 unspecified atom stereocenters. The Hall–Kier alpha value is -5.92. The molecular formula is C56H50GeIrN4O-2. The molecule has 10 aromatic rings. The fourth-order valence-corrected chi connectivity index (χ4v) is 10.0. The quantitative estimate of drug-likeness (QED) is 0.123. The van der Waals surface area contributed by atoms with Crippen molar-refractivity contribution in [1.29, 1.82) is 0 Å². The number of benzene rings is 6. The van der Waals surface area contributed by atoms with Crippen LogP contribution in [0.5, 0.6) is 0 Å². The van der Waals surface area contributed by atoms with Crippen LogP contribution in [0.15, 0.2) is 162 Å². The molecule has 0 atom stereocenters. The van der Waals surface area contributed by atoms with Crippen molar-refractivity contribution in [2.45, 2.75) is 57.2 Å². The summed E-state index contributed by atoms with van der Waals surface area (Å²) >= 11 is -1.72. The number of fused-ring (bicyclic) bond motifs is 4. The van der Waals surface area contributed by atoms with Crippen LogP contribution < -0.4 is 4.40 Å². The first-order valence-electron chi connectivity index (χ1n) is 22.5. The van der Waals surface area contributed by atoms with Crippen LogP contribution >= 0.6 is 0 Å². The van der Waals surface area contributed by atoms with Gasteiger partial charge in [0.05, 0.1) is 28.1 Å². The maximum atomic E-state index is 7.72. The van der Waals surface area contributed by atoms with Crippen LogP contribution in [0, 0.1) is 25.9 Å². The second-order valence-electron chi connectivity index (χ2n) is 17.8. The summed E-state index contributed by atoms with van der Waals surface area (Å²) in [6.45, 7) is 6.60. The molecule has 4 aromatic heterocycles. The Morgan fingerprint density at radius 1 is 0.730 bits per heavy atom. The molecule has 0 aliphatic heterocycles. The van der Waals surface area contributed by atoms with E-state index in [0.717, 1.165) is 72.4 Å². The Labute approximate surface area is 391 Å². The molecule has 0 fully saturated rings. The fraction of sp³-hybridized carbons (Fsp3) is 0.161. The van der Waals surface area contributed by atoms with Gasteiger partial charge in [0, 0.05) is 46.4 Å². The Balaban J connectivity index is 0.000000295. The maximum absolute atomic E-state index is 7.72. The molecule has 6 aromatic carbocycles. The van der Waals surface area contributed by atoms with E-state index in [0.29, 0.717) is 22.6 Å². The van der Waals surface area contributed by atoms with E-state index in [1.807, 2.05) is 72.9 Å². The number of para-hydroxylation sites is 2. The third-order valence-corrected chi connectivity index (χ3v) is 15.6. The minimum absolute atomic E-state index is 0. The number of rotatable bonds is 6. The zero-order valence-corrected chi connectivity index (χ0v) is 41.0. The fourth-order valence-electron chi connectivity index (χ4n) is 7.87. The number of furan rings is 1. The summed E-state index contributed by atoms with van der Waals surface area (Å²) in [6.07, 6.45) is 2.04. The largest absolute Gasteiger partial charge is 0 e. The first kappa shape index (κ1) is 39.9. The first-order chi connectivity index (χ1) is 31.0. The van der Waals surface area contributed by atoms with E-state index in [1.165, 1.54) is 9.96 Å². The SMILES string of the molecule is [2H]C([2H])([2H])c1ccc(-c2ccc3c(n2)oc2c(-c4nc5ccccc5n4-c4ccc(C(C)(C)C)cc4-c4ccccc4)[c-]cc(C)c23)cc1.[CH3][Ge]([CH3])([CH3])[c]1ccc(-c2[c-]cccc2)nc1.[Ir]. The maximum Gasteiger partial charge on any atom is 0 e. The molecule has 10 rings (SSSR count). The van der Waals surface area contributed by atoms with Crippen LogP contribution in [0.1, 0.15) is 41.6 Å². The Kier molecular flexibility index (Phi) is 11.2. The average Bonchev–Trinajstić information content (AvgIpc) is 3.88. The number of aromatic nitrogens is 4. The van der Waals surface area contributed by atoms with Crippen molar-refractivity contribution >= 4 is 50.8 Å². The van der Waals surface area contributed by atoms with E-state index in [2.05, 4.69) is 127 Å². The molecule has 0 aliphatic carbocycles. The van der Waals surface area contributed by atoms with Crippen molar-refractivity contribution in [2.75, 3.05) is 0 Å².